The molecule has 0 unspecified atom stereocenters. The number of halogens is 1. The summed E-state index contributed by atoms with van der Waals surface area (Å²) in [6, 6.07) is 0. The van der Waals surface area contributed by atoms with E-state index in [1.54, 1.807) is 11.3 Å². The maximum absolute atomic E-state index is 4.56. The normalized spacial score (nSPS) is 11.2. The van der Waals surface area contributed by atoms with Crippen molar-refractivity contribution in [2.75, 3.05) is 13.1 Å². The fourth-order valence-corrected chi connectivity index (χ4v) is 2.86. The number of guanidine groups is 1. The quantitative estimate of drug-likeness (QED) is 0.374. The summed E-state index contributed by atoms with van der Waals surface area (Å²) in [7, 11) is 1.95. The van der Waals surface area contributed by atoms with Gasteiger partial charge in [-0.15, -0.1) is 45.5 Å². The van der Waals surface area contributed by atoms with Crippen molar-refractivity contribution >= 4 is 41.3 Å². The van der Waals surface area contributed by atoms with Gasteiger partial charge >= 0.3 is 0 Å². The van der Waals surface area contributed by atoms with E-state index >= 15 is 0 Å². The second-order valence-corrected chi connectivity index (χ2v) is 6.37. The Morgan fingerprint density at radius 1 is 1.29 bits per heavy atom. The number of aromatic nitrogens is 4. The minimum absolute atomic E-state index is 0. The Hall–Kier alpha value is -1.23. The van der Waals surface area contributed by atoms with Crippen molar-refractivity contribution in [2.45, 2.75) is 40.2 Å². The van der Waals surface area contributed by atoms with Crippen LogP contribution in [0.5, 0.6) is 0 Å². The maximum atomic E-state index is 4.56. The van der Waals surface area contributed by atoms with E-state index in [2.05, 4.69) is 44.7 Å². The highest BCUT2D eigenvalue weighted by Gasteiger charge is 2.05. The Morgan fingerprint density at radius 3 is 2.67 bits per heavy atom. The van der Waals surface area contributed by atoms with Crippen molar-refractivity contribution in [3.63, 3.8) is 0 Å². The van der Waals surface area contributed by atoms with E-state index < -0.39 is 0 Å². The van der Waals surface area contributed by atoms with Crippen LogP contribution in [0.4, 0.5) is 0 Å². The van der Waals surface area contributed by atoms with Gasteiger partial charge in [0.2, 0.25) is 0 Å². The van der Waals surface area contributed by atoms with Crippen LogP contribution in [-0.4, -0.2) is 38.8 Å². The lowest BCUT2D eigenvalue weighted by atomic mass is 10.4. The van der Waals surface area contributed by atoms with E-state index in [-0.39, 0.29) is 24.0 Å². The molecule has 0 amide bonds. The van der Waals surface area contributed by atoms with E-state index in [0.29, 0.717) is 6.54 Å². The largest absolute Gasteiger partial charge is 0.357 e. The van der Waals surface area contributed by atoms with Gasteiger partial charge in [0.1, 0.15) is 12.4 Å². The first kappa shape index (κ1) is 20.8. The van der Waals surface area contributed by atoms with Crippen LogP contribution in [-0.2, 0) is 26.4 Å². The van der Waals surface area contributed by atoms with Gasteiger partial charge < -0.3 is 15.2 Å². The number of nitrogens with zero attached hydrogens (tertiary/aromatic N) is 5. The number of aliphatic imine (C=N–C) groups is 1. The van der Waals surface area contributed by atoms with Crippen molar-refractivity contribution in [1.29, 1.82) is 0 Å². The molecule has 0 bridgehead atoms. The standard InChI is InChI=1S/C15H25N7S.HI/c1-5-12-9-18-14(23-12)7-8-17-15(16-6-2)19-10-13-21-20-11(3)22(13)4;/h9H,5-8,10H2,1-4H3,(H2,16,17,19);1H. The fraction of sp³-hybridized carbons (Fsp3) is 0.600. The number of aryl methyl sites for hydroxylation is 2. The number of thiazole rings is 1. The molecule has 0 aliphatic heterocycles. The molecule has 2 rings (SSSR count). The summed E-state index contributed by atoms with van der Waals surface area (Å²) >= 11 is 1.78. The molecule has 0 fully saturated rings. The van der Waals surface area contributed by atoms with Gasteiger partial charge in [0, 0.05) is 37.6 Å². The van der Waals surface area contributed by atoms with Gasteiger partial charge in [0.15, 0.2) is 11.8 Å². The summed E-state index contributed by atoms with van der Waals surface area (Å²) in [6.07, 6.45) is 3.92. The van der Waals surface area contributed by atoms with Crippen molar-refractivity contribution in [3.8, 4) is 0 Å². The minimum atomic E-state index is 0. The summed E-state index contributed by atoms with van der Waals surface area (Å²) in [4.78, 5) is 10.3. The molecule has 0 aliphatic rings. The minimum Gasteiger partial charge on any atom is -0.357 e. The highest BCUT2D eigenvalue weighted by Crippen LogP contribution is 2.13. The lowest BCUT2D eigenvalue weighted by Gasteiger charge is -2.10. The van der Waals surface area contributed by atoms with Crippen molar-refractivity contribution in [3.05, 3.63) is 27.7 Å². The molecule has 0 spiro atoms. The van der Waals surface area contributed by atoms with Crippen LogP contribution in [0.3, 0.4) is 0 Å². The van der Waals surface area contributed by atoms with Gasteiger partial charge in [-0.05, 0) is 20.3 Å². The van der Waals surface area contributed by atoms with Crippen molar-refractivity contribution < 1.29 is 0 Å². The Bertz CT molecular complexity index is 650. The summed E-state index contributed by atoms with van der Waals surface area (Å²) in [5.74, 6) is 2.54. The van der Waals surface area contributed by atoms with Gasteiger partial charge in [0.25, 0.3) is 0 Å². The number of hydrogen-bond acceptors (Lipinski definition) is 5. The number of hydrogen-bond donors (Lipinski definition) is 2. The van der Waals surface area contributed by atoms with Crippen LogP contribution in [0.2, 0.25) is 0 Å². The Balaban J connectivity index is 0.00000288. The average Bonchev–Trinajstić information content (AvgIpc) is 3.13. The van der Waals surface area contributed by atoms with E-state index in [4.69, 9.17) is 0 Å². The van der Waals surface area contributed by atoms with Crippen molar-refractivity contribution in [2.24, 2.45) is 12.0 Å². The Morgan fingerprint density at radius 2 is 2.08 bits per heavy atom. The zero-order valence-electron chi connectivity index (χ0n) is 14.7. The van der Waals surface area contributed by atoms with Gasteiger partial charge in [-0.25, -0.2) is 9.98 Å². The zero-order valence-corrected chi connectivity index (χ0v) is 17.8. The average molecular weight is 463 g/mol. The molecule has 2 aromatic heterocycles. The molecule has 2 N–H and O–H groups in total. The second kappa shape index (κ2) is 10.6. The van der Waals surface area contributed by atoms with Crippen LogP contribution in [0.25, 0.3) is 0 Å². The predicted molar refractivity (Wildman–Crippen MR) is 109 cm³/mol. The molecule has 2 heterocycles. The first-order valence-corrected chi connectivity index (χ1v) is 8.76. The van der Waals surface area contributed by atoms with E-state index in [0.717, 1.165) is 48.5 Å². The molecule has 9 heteroatoms. The van der Waals surface area contributed by atoms with Gasteiger partial charge in [-0.1, -0.05) is 6.92 Å². The molecule has 0 radical (unpaired) electrons. The monoisotopic (exact) mass is 463 g/mol. The van der Waals surface area contributed by atoms with Gasteiger partial charge in [0.05, 0.1) is 5.01 Å². The van der Waals surface area contributed by atoms with E-state index in [9.17, 15) is 0 Å². The fourth-order valence-electron chi connectivity index (χ4n) is 2.00. The first-order chi connectivity index (χ1) is 11.1. The Labute approximate surface area is 164 Å². The molecule has 0 saturated carbocycles. The van der Waals surface area contributed by atoms with E-state index in [1.807, 2.05) is 24.7 Å². The Kier molecular flexibility index (Phi) is 9.19. The summed E-state index contributed by atoms with van der Waals surface area (Å²) < 4.78 is 1.95. The first-order valence-electron chi connectivity index (χ1n) is 7.94. The molecule has 0 aromatic carbocycles. The maximum Gasteiger partial charge on any atom is 0.191 e. The molecular weight excluding hydrogens is 437 g/mol. The third-order valence-corrected chi connectivity index (χ3v) is 4.69. The van der Waals surface area contributed by atoms with Crippen LogP contribution < -0.4 is 10.6 Å². The lowest BCUT2D eigenvalue weighted by Crippen LogP contribution is -2.38. The highest BCUT2D eigenvalue weighted by molar-refractivity contribution is 14.0. The molecule has 7 nitrogen and oxygen atoms in total. The molecule has 2 aromatic rings. The van der Waals surface area contributed by atoms with Crippen LogP contribution in [0, 0.1) is 6.92 Å². The van der Waals surface area contributed by atoms with Crippen LogP contribution in [0.15, 0.2) is 11.2 Å². The second-order valence-electron chi connectivity index (χ2n) is 5.17. The molecule has 0 atom stereocenters. The smallest absolute Gasteiger partial charge is 0.191 e. The number of nitrogens with one attached hydrogen (secondary N) is 2. The molecular formula is C15H26IN7S. The lowest BCUT2D eigenvalue weighted by molar-refractivity contribution is 0.753. The SMILES string of the molecule is CCNC(=NCc1nnc(C)n1C)NCCc1ncc(CC)s1.I. The van der Waals surface area contributed by atoms with Gasteiger partial charge in [-0.2, -0.15) is 0 Å². The summed E-state index contributed by atoms with van der Waals surface area (Å²) in [5.41, 5.74) is 0. The summed E-state index contributed by atoms with van der Waals surface area (Å²) in [5, 5.41) is 15.9. The third kappa shape index (κ3) is 6.00. The van der Waals surface area contributed by atoms with E-state index in [1.165, 1.54) is 4.88 Å². The molecule has 134 valence electrons. The third-order valence-electron chi connectivity index (χ3n) is 3.49. The van der Waals surface area contributed by atoms with Crippen LogP contribution >= 0.6 is 35.3 Å². The summed E-state index contributed by atoms with van der Waals surface area (Å²) in [6.45, 7) is 8.27. The molecule has 0 aliphatic carbocycles. The topological polar surface area (TPSA) is 80.0 Å². The zero-order chi connectivity index (χ0) is 16.7. The predicted octanol–water partition coefficient (Wildman–Crippen LogP) is 2.06. The highest BCUT2D eigenvalue weighted by atomic mass is 127. The number of rotatable bonds is 7. The van der Waals surface area contributed by atoms with Gasteiger partial charge in [-0.3, -0.25) is 0 Å². The molecule has 0 saturated heterocycles. The van der Waals surface area contributed by atoms with Crippen molar-refractivity contribution in [1.82, 2.24) is 30.4 Å². The van der Waals surface area contributed by atoms with Crippen LogP contribution in [0.1, 0.15) is 35.4 Å². The molecule has 24 heavy (non-hydrogen) atoms.